The molecule has 110 valence electrons. The minimum atomic E-state index is -3.52. The highest BCUT2D eigenvalue weighted by Gasteiger charge is 2.26. The van der Waals surface area contributed by atoms with Crippen molar-refractivity contribution in [2.45, 2.75) is 18.2 Å². The molecule has 0 fully saturated rings. The van der Waals surface area contributed by atoms with Crippen molar-refractivity contribution in [3.8, 4) is 0 Å². The highest BCUT2D eigenvalue weighted by Crippen LogP contribution is 2.25. The first kappa shape index (κ1) is 14.8. The lowest BCUT2D eigenvalue weighted by Crippen LogP contribution is -2.41. The average Bonchev–Trinajstić information content (AvgIpc) is 2.35. The van der Waals surface area contributed by atoms with Crippen LogP contribution in [0.3, 0.4) is 0 Å². The topological polar surface area (TPSA) is 73.8 Å². The number of benzene rings is 1. The van der Waals surface area contributed by atoms with Crippen LogP contribution in [0.15, 0.2) is 28.1 Å². The first-order chi connectivity index (χ1) is 9.38. The van der Waals surface area contributed by atoms with Crippen LogP contribution in [0.25, 0.3) is 0 Å². The first-order valence-corrected chi connectivity index (χ1v) is 7.96. The molecule has 0 saturated carbocycles. The van der Waals surface area contributed by atoms with Crippen LogP contribution in [-0.4, -0.2) is 46.5 Å². The number of guanidine groups is 1. The van der Waals surface area contributed by atoms with E-state index in [4.69, 9.17) is 0 Å². The van der Waals surface area contributed by atoms with E-state index in [1.807, 2.05) is 27.1 Å². The van der Waals surface area contributed by atoms with E-state index >= 15 is 0 Å². The molecule has 1 aromatic carbocycles. The van der Waals surface area contributed by atoms with Crippen molar-refractivity contribution in [1.82, 2.24) is 9.62 Å². The minimum absolute atomic E-state index is 0.268. The van der Waals surface area contributed by atoms with Crippen molar-refractivity contribution in [3.63, 3.8) is 0 Å². The Morgan fingerprint density at radius 1 is 1.30 bits per heavy atom. The van der Waals surface area contributed by atoms with Crippen molar-refractivity contribution < 1.29 is 8.42 Å². The Bertz CT molecular complexity index is 623. The summed E-state index contributed by atoms with van der Waals surface area (Å²) in [5.41, 5.74) is 1.48. The Labute approximate surface area is 119 Å². The fourth-order valence-electron chi connectivity index (χ4n) is 1.94. The van der Waals surface area contributed by atoms with Gasteiger partial charge in [-0.05, 0) is 51.7 Å². The Kier molecular flexibility index (Phi) is 4.29. The Morgan fingerprint density at radius 3 is 2.75 bits per heavy atom. The summed E-state index contributed by atoms with van der Waals surface area (Å²) in [6, 6.07) is 5.28. The lowest BCUT2D eigenvalue weighted by Gasteiger charge is -2.21. The van der Waals surface area contributed by atoms with Crippen molar-refractivity contribution in [3.05, 3.63) is 23.8 Å². The van der Waals surface area contributed by atoms with Gasteiger partial charge in [0.2, 0.25) is 5.96 Å². The molecule has 20 heavy (non-hydrogen) atoms. The highest BCUT2D eigenvalue weighted by atomic mass is 32.2. The molecule has 1 heterocycles. The van der Waals surface area contributed by atoms with E-state index in [9.17, 15) is 8.42 Å². The number of nitrogens with one attached hydrogen (secondary N) is 2. The summed E-state index contributed by atoms with van der Waals surface area (Å²) in [7, 11) is 0.466. The lowest BCUT2D eigenvalue weighted by molar-refractivity contribution is 0.403. The van der Waals surface area contributed by atoms with Gasteiger partial charge in [-0.2, -0.15) is 0 Å². The van der Waals surface area contributed by atoms with Crippen molar-refractivity contribution >= 4 is 21.7 Å². The van der Waals surface area contributed by atoms with E-state index < -0.39 is 10.0 Å². The van der Waals surface area contributed by atoms with E-state index in [1.165, 1.54) is 0 Å². The van der Waals surface area contributed by atoms with E-state index in [-0.39, 0.29) is 4.90 Å². The SMILES string of the molecule is Cc1ccc2c(c1)S(=O)(=O)NC(=NCCCN(C)C)N2. The molecular weight excluding hydrogens is 276 g/mol. The molecule has 0 unspecified atom stereocenters. The van der Waals surface area contributed by atoms with Gasteiger partial charge in [-0.25, -0.2) is 13.1 Å². The Balaban J connectivity index is 2.14. The predicted molar refractivity (Wildman–Crippen MR) is 80.6 cm³/mol. The highest BCUT2D eigenvalue weighted by molar-refractivity contribution is 7.90. The summed E-state index contributed by atoms with van der Waals surface area (Å²) < 4.78 is 26.7. The molecule has 0 bridgehead atoms. The van der Waals surface area contributed by atoms with Gasteiger partial charge in [0.1, 0.15) is 4.90 Å². The fraction of sp³-hybridized carbons (Fsp3) is 0.462. The zero-order valence-electron chi connectivity index (χ0n) is 12.0. The number of rotatable bonds is 4. The van der Waals surface area contributed by atoms with Crippen LogP contribution < -0.4 is 10.0 Å². The molecule has 0 aliphatic carbocycles. The van der Waals surface area contributed by atoms with Crippen LogP contribution in [0.4, 0.5) is 5.69 Å². The van der Waals surface area contributed by atoms with Gasteiger partial charge in [-0.1, -0.05) is 6.07 Å². The molecule has 0 atom stereocenters. The van der Waals surface area contributed by atoms with Crippen LogP contribution in [0.2, 0.25) is 0 Å². The monoisotopic (exact) mass is 296 g/mol. The summed E-state index contributed by atoms with van der Waals surface area (Å²) in [4.78, 5) is 6.60. The van der Waals surface area contributed by atoms with Crippen molar-refractivity contribution in [2.75, 3.05) is 32.5 Å². The maximum atomic E-state index is 12.1. The van der Waals surface area contributed by atoms with Gasteiger partial charge in [0.25, 0.3) is 10.0 Å². The summed E-state index contributed by atoms with van der Waals surface area (Å²) >= 11 is 0. The number of nitrogens with zero attached hydrogens (tertiary/aromatic N) is 2. The largest absolute Gasteiger partial charge is 0.324 e. The number of sulfonamides is 1. The molecule has 1 aromatic rings. The van der Waals surface area contributed by atoms with Gasteiger partial charge in [-0.15, -0.1) is 0 Å². The molecule has 1 aliphatic rings. The molecule has 0 saturated heterocycles. The smallest absolute Gasteiger partial charge is 0.266 e. The van der Waals surface area contributed by atoms with Crippen LogP contribution in [0, 0.1) is 6.92 Å². The predicted octanol–water partition coefficient (Wildman–Crippen LogP) is 1.01. The second-order valence-electron chi connectivity index (χ2n) is 5.12. The normalized spacial score (nSPS) is 18.5. The van der Waals surface area contributed by atoms with Crippen LogP contribution in [0.1, 0.15) is 12.0 Å². The van der Waals surface area contributed by atoms with Crippen molar-refractivity contribution in [2.24, 2.45) is 4.99 Å². The summed E-state index contributed by atoms with van der Waals surface area (Å²) in [6.45, 7) is 3.35. The van der Waals surface area contributed by atoms with Gasteiger partial charge in [0.05, 0.1) is 5.69 Å². The van der Waals surface area contributed by atoms with Crippen LogP contribution >= 0.6 is 0 Å². The fourth-order valence-corrected chi connectivity index (χ4v) is 3.17. The summed E-state index contributed by atoms with van der Waals surface area (Å²) in [5, 5.41) is 3.01. The first-order valence-electron chi connectivity index (χ1n) is 6.48. The number of hydrogen-bond donors (Lipinski definition) is 2. The molecule has 0 spiro atoms. The second-order valence-corrected chi connectivity index (χ2v) is 6.77. The average molecular weight is 296 g/mol. The summed E-state index contributed by atoms with van der Waals surface area (Å²) in [6.07, 6.45) is 0.876. The third kappa shape index (κ3) is 3.49. The van der Waals surface area contributed by atoms with Gasteiger partial charge < -0.3 is 10.2 Å². The van der Waals surface area contributed by atoms with E-state index in [1.54, 1.807) is 12.1 Å². The Hall–Kier alpha value is -1.60. The maximum Gasteiger partial charge on any atom is 0.266 e. The second kappa shape index (κ2) is 5.80. The standard InChI is InChI=1S/C13H20N4O2S/c1-10-5-6-11-12(9-10)20(18,19)16-13(15-11)14-7-4-8-17(2)3/h5-6,9H,4,7-8H2,1-3H3,(H2,14,15,16). The molecule has 0 amide bonds. The lowest BCUT2D eigenvalue weighted by atomic mass is 10.2. The minimum Gasteiger partial charge on any atom is -0.324 e. The number of anilines is 1. The summed E-state index contributed by atoms with van der Waals surface area (Å²) in [5.74, 6) is 0.292. The molecule has 2 rings (SSSR count). The van der Waals surface area contributed by atoms with E-state index in [0.717, 1.165) is 18.5 Å². The van der Waals surface area contributed by atoms with Gasteiger partial charge in [-0.3, -0.25) is 4.99 Å². The molecule has 0 radical (unpaired) electrons. The molecule has 2 N–H and O–H groups in total. The molecule has 7 heteroatoms. The van der Waals surface area contributed by atoms with E-state index in [0.29, 0.717) is 18.2 Å². The van der Waals surface area contributed by atoms with Crippen LogP contribution in [-0.2, 0) is 10.0 Å². The molecule has 0 aromatic heterocycles. The Morgan fingerprint density at radius 2 is 2.05 bits per heavy atom. The molecule has 1 aliphatic heterocycles. The zero-order valence-corrected chi connectivity index (χ0v) is 12.8. The van der Waals surface area contributed by atoms with Gasteiger partial charge >= 0.3 is 0 Å². The zero-order chi connectivity index (χ0) is 14.8. The van der Waals surface area contributed by atoms with Crippen LogP contribution in [0.5, 0.6) is 0 Å². The van der Waals surface area contributed by atoms with Gasteiger partial charge in [0, 0.05) is 6.54 Å². The maximum absolute atomic E-state index is 12.1. The quantitative estimate of drug-likeness (QED) is 0.813. The number of hydrogen-bond acceptors (Lipinski definition) is 4. The van der Waals surface area contributed by atoms with Crippen molar-refractivity contribution in [1.29, 1.82) is 0 Å². The van der Waals surface area contributed by atoms with E-state index in [2.05, 4.69) is 19.9 Å². The number of fused-ring (bicyclic) bond motifs is 1. The third-order valence-corrected chi connectivity index (χ3v) is 4.32. The number of aliphatic imine (C=N–C) groups is 1. The molecule has 6 nitrogen and oxygen atoms in total. The van der Waals surface area contributed by atoms with Gasteiger partial charge in [0.15, 0.2) is 0 Å². The number of aryl methyl sites for hydroxylation is 1. The third-order valence-electron chi connectivity index (χ3n) is 2.94. The molecular formula is C13H20N4O2S.